The van der Waals surface area contributed by atoms with E-state index in [1.54, 1.807) is 17.7 Å². The molecule has 0 aromatic carbocycles. The Morgan fingerprint density at radius 1 is 1.12 bits per heavy atom. The first-order valence-electron chi connectivity index (χ1n) is 9.10. The van der Waals surface area contributed by atoms with Crippen LogP contribution in [0, 0.1) is 0 Å². The second-order valence-corrected chi connectivity index (χ2v) is 9.34. The van der Waals surface area contributed by atoms with Crippen LogP contribution in [0.15, 0.2) is 16.2 Å². The third kappa shape index (κ3) is 2.33. The molecule has 6 heteroatoms. The largest absolute Gasteiger partial charge is 0.350 e. The normalized spacial score (nSPS) is 30.3. The molecule has 5 rings (SSSR count). The number of halogens is 1. The Morgan fingerprint density at radius 3 is 2.54 bits per heavy atom. The predicted octanol–water partition coefficient (Wildman–Crippen LogP) is 4.44. The first kappa shape index (κ1) is 15.5. The maximum absolute atomic E-state index is 4.71. The Morgan fingerprint density at radius 2 is 1.88 bits per heavy atom. The maximum Gasteiger partial charge on any atom is 0.142 e. The molecule has 2 aliphatic heterocycles. The second kappa shape index (κ2) is 5.92. The minimum atomic E-state index is 0.640. The zero-order valence-electron chi connectivity index (χ0n) is 14.0. The molecule has 2 saturated heterocycles. The number of fused-ring (bicyclic) bond motifs is 3. The average molecular weight is 407 g/mol. The quantitative estimate of drug-likeness (QED) is 0.753. The highest BCUT2D eigenvalue weighted by atomic mass is 79.9. The molecule has 2 bridgehead atoms. The summed E-state index contributed by atoms with van der Waals surface area (Å²) in [5.41, 5.74) is 0. The third-order valence-corrected chi connectivity index (χ3v) is 8.30. The highest BCUT2D eigenvalue weighted by Crippen LogP contribution is 2.45. The summed E-state index contributed by atoms with van der Waals surface area (Å²) in [6, 6.07) is 2.88. The van der Waals surface area contributed by atoms with Crippen molar-refractivity contribution < 1.29 is 0 Å². The van der Waals surface area contributed by atoms with E-state index in [9.17, 15) is 0 Å². The van der Waals surface area contributed by atoms with E-state index < -0.39 is 0 Å². The lowest BCUT2D eigenvalue weighted by Crippen LogP contribution is -2.53. The van der Waals surface area contributed by atoms with Crippen LogP contribution in [-0.2, 0) is 0 Å². The van der Waals surface area contributed by atoms with Crippen LogP contribution >= 0.6 is 27.3 Å². The molecule has 2 aromatic rings. The molecule has 1 saturated carbocycles. The maximum atomic E-state index is 4.71. The van der Waals surface area contributed by atoms with Gasteiger partial charge in [0.1, 0.15) is 17.0 Å². The number of hydrogen-bond acceptors (Lipinski definition) is 5. The molecule has 4 heterocycles. The first-order chi connectivity index (χ1) is 11.7. The van der Waals surface area contributed by atoms with Crippen LogP contribution in [0.25, 0.3) is 10.2 Å². The number of hydrogen-bond donors (Lipinski definition) is 0. The van der Waals surface area contributed by atoms with Crippen LogP contribution in [0.4, 0.5) is 5.82 Å². The summed E-state index contributed by atoms with van der Waals surface area (Å²) < 4.78 is 1.14. The molecule has 1 aliphatic carbocycles. The smallest absolute Gasteiger partial charge is 0.142 e. The highest BCUT2D eigenvalue weighted by molar-refractivity contribution is 9.10. The van der Waals surface area contributed by atoms with Gasteiger partial charge < -0.3 is 9.80 Å². The molecule has 2 aromatic heterocycles. The van der Waals surface area contributed by atoms with Gasteiger partial charge in [-0.05, 0) is 61.5 Å². The van der Waals surface area contributed by atoms with Gasteiger partial charge in [-0.25, -0.2) is 9.97 Å². The summed E-state index contributed by atoms with van der Waals surface area (Å²) in [4.78, 5) is 15.6. The van der Waals surface area contributed by atoms with Crippen molar-refractivity contribution in [3.63, 3.8) is 0 Å². The topological polar surface area (TPSA) is 32.3 Å². The Kier molecular flexibility index (Phi) is 3.83. The molecular formula is C18H23BrN4S. The van der Waals surface area contributed by atoms with Gasteiger partial charge in [0, 0.05) is 34.0 Å². The van der Waals surface area contributed by atoms with Crippen LogP contribution in [-0.4, -0.2) is 46.1 Å². The van der Waals surface area contributed by atoms with Crippen LogP contribution in [0.3, 0.4) is 0 Å². The summed E-state index contributed by atoms with van der Waals surface area (Å²) in [6.07, 6.45) is 11.2. The van der Waals surface area contributed by atoms with Gasteiger partial charge >= 0.3 is 0 Å². The van der Waals surface area contributed by atoms with Gasteiger partial charge in [-0.15, -0.1) is 11.3 Å². The van der Waals surface area contributed by atoms with Crippen molar-refractivity contribution in [1.29, 1.82) is 0 Å². The van der Waals surface area contributed by atoms with E-state index in [1.165, 1.54) is 50.3 Å². The van der Waals surface area contributed by atoms with Gasteiger partial charge in [-0.1, -0.05) is 6.42 Å². The van der Waals surface area contributed by atoms with E-state index in [0.717, 1.165) is 27.2 Å². The lowest BCUT2D eigenvalue weighted by molar-refractivity contribution is 0.0859. The summed E-state index contributed by atoms with van der Waals surface area (Å²) in [6.45, 7) is 0. The highest BCUT2D eigenvalue weighted by Gasteiger charge is 2.44. The Labute approximate surface area is 155 Å². The number of piperidine rings is 1. The lowest BCUT2D eigenvalue weighted by atomic mass is 9.87. The van der Waals surface area contributed by atoms with Crippen LogP contribution in [0.5, 0.6) is 0 Å². The van der Waals surface area contributed by atoms with E-state index in [2.05, 4.69) is 43.1 Å². The summed E-state index contributed by atoms with van der Waals surface area (Å²) in [7, 11) is 2.36. The zero-order valence-corrected chi connectivity index (χ0v) is 16.4. The van der Waals surface area contributed by atoms with Gasteiger partial charge in [0.15, 0.2) is 0 Å². The lowest BCUT2D eigenvalue weighted by Gasteiger charge is -2.47. The molecule has 2 atom stereocenters. The van der Waals surface area contributed by atoms with Crippen molar-refractivity contribution in [2.75, 3.05) is 11.9 Å². The summed E-state index contributed by atoms with van der Waals surface area (Å²) >= 11 is 5.41. The molecular weight excluding hydrogens is 384 g/mol. The average Bonchev–Trinajstić information content (AvgIpc) is 3.03. The predicted molar refractivity (Wildman–Crippen MR) is 103 cm³/mol. The van der Waals surface area contributed by atoms with E-state index in [-0.39, 0.29) is 0 Å². The Balaban J connectivity index is 1.45. The fraction of sp³-hybridized carbons (Fsp3) is 0.667. The number of rotatable bonds is 3. The van der Waals surface area contributed by atoms with Crippen molar-refractivity contribution >= 4 is 43.3 Å². The minimum absolute atomic E-state index is 0.640. The summed E-state index contributed by atoms with van der Waals surface area (Å²) in [5, 5.41) is 3.35. The van der Waals surface area contributed by atoms with Gasteiger partial charge in [0.25, 0.3) is 0 Å². The summed E-state index contributed by atoms with van der Waals surface area (Å²) in [5.74, 6) is 1.16. The zero-order chi connectivity index (χ0) is 16.3. The fourth-order valence-electron chi connectivity index (χ4n) is 4.94. The monoisotopic (exact) mass is 406 g/mol. The Hall–Kier alpha value is -0.720. The first-order valence-corrected chi connectivity index (χ1v) is 10.8. The molecule has 0 spiro atoms. The van der Waals surface area contributed by atoms with Crippen molar-refractivity contribution in [2.24, 2.45) is 0 Å². The van der Waals surface area contributed by atoms with E-state index in [4.69, 9.17) is 4.98 Å². The van der Waals surface area contributed by atoms with Crippen molar-refractivity contribution in [1.82, 2.24) is 14.9 Å². The number of thiophene rings is 1. The number of aromatic nitrogens is 2. The molecule has 3 aliphatic rings. The van der Waals surface area contributed by atoms with Gasteiger partial charge in [0.05, 0.1) is 5.39 Å². The minimum Gasteiger partial charge on any atom is -0.350 e. The number of nitrogens with zero attached hydrogens (tertiary/aromatic N) is 4. The molecule has 3 fully saturated rings. The van der Waals surface area contributed by atoms with Crippen LogP contribution < -0.4 is 4.90 Å². The second-order valence-electron chi connectivity index (χ2n) is 7.63. The molecule has 24 heavy (non-hydrogen) atoms. The Bertz CT molecular complexity index is 745. The molecule has 0 N–H and O–H groups in total. The van der Waals surface area contributed by atoms with Gasteiger partial charge in [0.2, 0.25) is 0 Å². The molecule has 128 valence electrons. The standard InChI is InChI=1S/C18H23BrN4S/c1-22(11-3-2-4-11)14-7-12-5-6-13(8-14)23(12)17-16-15(19)9-24-18(16)21-10-20-17/h9-14H,2-8H2,1H3. The van der Waals surface area contributed by atoms with E-state index in [0.29, 0.717) is 12.1 Å². The number of anilines is 1. The SMILES string of the molecule is CN(C1CCC1)C1CC2CCC(C1)N2c1ncnc2scc(Br)c12. The van der Waals surface area contributed by atoms with E-state index in [1.807, 2.05) is 0 Å². The molecule has 0 radical (unpaired) electrons. The van der Waals surface area contributed by atoms with Crippen LogP contribution in [0.1, 0.15) is 44.9 Å². The molecule has 2 unspecified atom stereocenters. The molecule has 4 nitrogen and oxygen atoms in total. The van der Waals surface area contributed by atoms with Crippen LogP contribution in [0.2, 0.25) is 0 Å². The van der Waals surface area contributed by atoms with Crippen molar-refractivity contribution in [3.05, 3.63) is 16.2 Å². The van der Waals surface area contributed by atoms with Crippen molar-refractivity contribution in [2.45, 2.75) is 69.1 Å². The van der Waals surface area contributed by atoms with E-state index >= 15 is 0 Å². The van der Waals surface area contributed by atoms with Gasteiger partial charge in [-0.3, -0.25) is 0 Å². The van der Waals surface area contributed by atoms with Gasteiger partial charge in [-0.2, -0.15) is 0 Å². The third-order valence-electron chi connectivity index (χ3n) is 6.48. The van der Waals surface area contributed by atoms with Crippen molar-refractivity contribution in [3.8, 4) is 0 Å². The fourth-order valence-corrected chi connectivity index (χ4v) is 6.48. The molecule has 0 amide bonds.